The van der Waals surface area contributed by atoms with Gasteiger partial charge in [-0.3, -0.25) is 9.69 Å². The molecule has 0 heterocycles. The topological polar surface area (TPSA) is 46.6 Å². The third kappa shape index (κ3) is 3.84. The first kappa shape index (κ1) is 15.6. The van der Waals surface area contributed by atoms with Gasteiger partial charge in [0, 0.05) is 5.56 Å². The van der Waals surface area contributed by atoms with Gasteiger partial charge in [-0.25, -0.2) is 4.79 Å². The molecule has 94 valence electrons. The average Bonchev–Trinajstić information content (AvgIpc) is 2.29. The van der Waals surface area contributed by atoms with E-state index in [1.54, 1.807) is 43.3 Å². The van der Waals surface area contributed by atoms with Gasteiger partial charge in [0.15, 0.2) is 11.8 Å². The minimum atomic E-state index is -0.882. The SMILES string of the molecule is COC(=O)C(C(=O)c1ccccc1)N(C)C.Cl. The number of ether oxygens (including phenoxy) is 1. The van der Waals surface area contributed by atoms with Crippen molar-refractivity contribution in [2.45, 2.75) is 6.04 Å². The van der Waals surface area contributed by atoms with Gasteiger partial charge in [0.1, 0.15) is 0 Å². The standard InChI is InChI=1S/C12H15NO3.ClH/c1-13(2)10(12(15)16-3)11(14)9-7-5-4-6-8-9;/h4-8,10H,1-3H3;1H. The van der Waals surface area contributed by atoms with Crippen LogP contribution in [0.1, 0.15) is 10.4 Å². The molecule has 0 bridgehead atoms. The zero-order valence-corrected chi connectivity index (χ0v) is 10.9. The summed E-state index contributed by atoms with van der Waals surface area (Å²) >= 11 is 0. The number of rotatable bonds is 4. The lowest BCUT2D eigenvalue weighted by Gasteiger charge is -2.20. The van der Waals surface area contributed by atoms with Gasteiger partial charge >= 0.3 is 5.97 Å². The van der Waals surface area contributed by atoms with Crippen molar-refractivity contribution in [3.05, 3.63) is 35.9 Å². The lowest BCUT2D eigenvalue weighted by atomic mass is 10.0. The van der Waals surface area contributed by atoms with Gasteiger partial charge in [0.25, 0.3) is 0 Å². The number of likely N-dealkylation sites (N-methyl/N-ethyl adjacent to an activating group) is 1. The van der Waals surface area contributed by atoms with E-state index in [9.17, 15) is 9.59 Å². The highest BCUT2D eigenvalue weighted by molar-refractivity contribution is 6.11. The largest absolute Gasteiger partial charge is 0.467 e. The molecule has 0 N–H and O–H groups in total. The molecule has 1 unspecified atom stereocenters. The van der Waals surface area contributed by atoms with Gasteiger partial charge in [-0.05, 0) is 14.1 Å². The van der Waals surface area contributed by atoms with Crippen LogP contribution in [-0.2, 0) is 9.53 Å². The second-order valence-electron chi connectivity index (χ2n) is 3.62. The molecule has 0 spiro atoms. The van der Waals surface area contributed by atoms with Crippen LogP contribution < -0.4 is 0 Å². The molecule has 0 saturated heterocycles. The molecule has 0 fully saturated rings. The van der Waals surface area contributed by atoms with Crippen molar-refractivity contribution in [1.29, 1.82) is 0 Å². The van der Waals surface area contributed by atoms with Gasteiger partial charge < -0.3 is 4.74 Å². The van der Waals surface area contributed by atoms with Crippen LogP contribution in [0.4, 0.5) is 0 Å². The Balaban J connectivity index is 0.00000256. The third-order valence-corrected chi connectivity index (χ3v) is 2.25. The summed E-state index contributed by atoms with van der Waals surface area (Å²) < 4.78 is 4.61. The number of nitrogens with zero attached hydrogens (tertiary/aromatic N) is 1. The van der Waals surface area contributed by atoms with Crippen molar-refractivity contribution >= 4 is 24.2 Å². The summed E-state index contributed by atoms with van der Waals surface area (Å²) in [6.07, 6.45) is 0. The van der Waals surface area contributed by atoms with E-state index in [1.807, 2.05) is 6.07 Å². The van der Waals surface area contributed by atoms with E-state index in [2.05, 4.69) is 4.74 Å². The van der Waals surface area contributed by atoms with Crippen molar-refractivity contribution in [2.75, 3.05) is 21.2 Å². The molecule has 0 aliphatic heterocycles. The first-order valence-corrected chi connectivity index (χ1v) is 4.91. The molecule has 0 saturated carbocycles. The molecule has 17 heavy (non-hydrogen) atoms. The highest BCUT2D eigenvalue weighted by Crippen LogP contribution is 2.08. The van der Waals surface area contributed by atoms with Crippen LogP contribution in [0, 0.1) is 0 Å². The Bertz CT molecular complexity index is 379. The second-order valence-corrected chi connectivity index (χ2v) is 3.62. The molecule has 1 rings (SSSR count). The smallest absolute Gasteiger partial charge is 0.331 e. The Morgan fingerprint density at radius 2 is 1.71 bits per heavy atom. The molecule has 0 aliphatic carbocycles. The number of Topliss-reactive ketones (excluding diaryl/α,β-unsaturated/α-hetero) is 1. The Morgan fingerprint density at radius 3 is 2.12 bits per heavy atom. The molecule has 1 aromatic rings. The monoisotopic (exact) mass is 257 g/mol. The van der Waals surface area contributed by atoms with Crippen LogP contribution in [0.2, 0.25) is 0 Å². The van der Waals surface area contributed by atoms with Crippen LogP contribution in [0.3, 0.4) is 0 Å². The van der Waals surface area contributed by atoms with E-state index >= 15 is 0 Å². The quantitative estimate of drug-likeness (QED) is 0.465. The lowest BCUT2D eigenvalue weighted by molar-refractivity contribution is -0.144. The molecule has 5 heteroatoms. The molecule has 0 aromatic heterocycles. The summed E-state index contributed by atoms with van der Waals surface area (Å²) in [6, 6.07) is 7.82. The Morgan fingerprint density at radius 1 is 1.18 bits per heavy atom. The van der Waals surface area contributed by atoms with Gasteiger partial charge in [-0.15, -0.1) is 12.4 Å². The van der Waals surface area contributed by atoms with E-state index in [4.69, 9.17) is 0 Å². The van der Waals surface area contributed by atoms with E-state index < -0.39 is 12.0 Å². The molecular formula is C12H16ClNO3. The predicted octanol–water partition coefficient (Wildman–Crippen LogP) is 1.39. The van der Waals surface area contributed by atoms with Gasteiger partial charge in [0.2, 0.25) is 0 Å². The van der Waals surface area contributed by atoms with Crippen LogP contribution >= 0.6 is 12.4 Å². The molecule has 1 aromatic carbocycles. The number of benzene rings is 1. The fourth-order valence-electron chi connectivity index (χ4n) is 1.42. The normalized spacial score (nSPS) is 11.5. The molecule has 4 nitrogen and oxygen atoms in total. The summed E-state index contributed by atoms with van der Waals surface area (Å²) in [7, 11) is 4.61. The van der Waals surface area contributed by atoms with Gasteiger partial charge in [-0.1, -0.05) is 30.3 Å². The number of hydrogen-bond donors (Lipinski definition) is 0. The minimum absolute atomic E-state index is 0. The summed E-state index contributed by atoms with van der Waals surface area (Å²) in [5.41, 5.74) is 0.506. The predicted molar refractivity (Wildman–Crippen MR) is 67.5 cm³/mol. The maximum atomic E-state index is 12.0. The molecular weight excluding hydrogens is 242 g/mol. The zero-order valence-electron chi connectivity index (χ0n) is 10.0. The van der Waals surface area contributed by atoms with Crippen molar-refractivity contribution in [3.8, 4) is 0 Å². The number of ketones is 1. The van der Waals surface area contributed by atoms with Gasteiger partial charge in [-0.2, -0.15) is 0 Å². The Hall–Kier alpha value is -1.39. The zero-order chi connectivity index (χ0) is 12.1. The minimum Gasteiger partial charge on any atom is -0.467 e. The van der Waals surface area contributed by atoms with Crippen molar-refractivity contribution in [3.63, 3.8) is 0 Å². The Labute approximate surface area is 107 Å². The van der Waals surface area contributed by atoms with Crippen LogP contribution in [0.25, 0.3) is 0 Å². The lowest BCUT2D eigenvalue weighted by Crippen LogP contribution is -2.43. The van der Waals surface area contributed by atoms with E-state index in [0.29, 0.717) is 5.56 Å². The number of carbonyl (C=O) groups is 2. The molecule has 0 aliphatic rings. The van der Waals surface area contributed by atoms with Crippen molar-refractivity contribution in [2.24, 2.45) is 0 Å². The first-order chi connectivity index (χ1) is 7.57. The second kappa shape index (κ2) is 7.04. The number of carbonyl (C=O) groups excluding carboxylic acids is 2. The van der Waals surface area contributed by atoms with E-state index in [0.717, 1.165) is 0 Å². The van der Waals surface area contributed by atoms with Crippen molar-refractivity contribution < 1.29 is 14.3 Å². The highest BCUT2D eigenvalue weighted by Gasteiger charge is 2.30. The van der Waals surface area contributed by atoms with Crippen LogP contribution in [0.15, 0.2) is 30.3 Å². The summed E-state index contributed by atoms with van der Waals surface area (Å²) in [5.74, 6) is -0.795. The molecule has 0 amide bonds. The fraction of sp³-hybridized carbons (Fsp3) is 0.333. The van der Waals surface area contributed by atoms with Crippen LogP contribution in [-0.4, -0.2) is 43.9 Å². The van der Waals surface area contributed by atoms with Gasteiger partial charge in [0.05, 0.1) is 7.11 Å². The summed E-state index contributed by atoms with van der Waals surface area (Å²) in [6.45, 7) is 0. The number of methoxy groups -OCH3 is 1. The molecule has 0 radical (unpaired) electrons. The third-order valence-electron chi connectivity index (χ3n) is 2.25. The highest BCUT2D eigenvalue weighted by atomic mass is 35.5. The number of hydrogen-bond acceptors (Lipinski definition) is 4. The maximum Gasteiger partial charge on any atom is 0.331 e. The summed E-state index contributed by atoms with van der Waals surface area (Å²) in [5, 5.41) is 0. The first-order valence-electron chi connectivity index (χ1n) is 4.91. The Kier molecular flexibility index (Phi) is 6.46. The number of halogens is 1. The molecule has 1 atom stereocenters. The van der Waals surface area contributed by atoms with Crippen LogP contribution in [0.5, 0.6) is 0 Å². The average molecular weight is 258 g/mol. The van der Waals surface area contributed by atoms with E-state index in [1.165, 1.54) is 7.11 Å². The van der Waals surface area contributed by atoms with Crippen molar-refractivity contribution in [1.82, 2.24) is 4.90 Å². The summed E-state index contributed by atoms with van der Waals surface area (Å²) in [4.78, 5) is 25.1. The maximum absolute atomic E-state index is 12.0. The fourth-order valence-corrected chi connectivity index (χ4v) is 1.42. The van der Waals surface area contributed by atoms with E-state index in [-0.39, 0.29) is 18.2 Å². The number of esters is 1.